The minimum Gasteiger partial charge on any atom is -0.207 e. The van der Waals surface area contributed by atoms with E-state index in [1.165, 1.54) is 6.07 Å². The summed E-state index contributed by atoms with van der Waals surface area (Å²) in [5.74, 6) is 6.57. The Morgan fingerprint density at radius 1 is 1.27 bits per heavy atom. The largest absolute Gasteiger partial charge is 0.207 e. The van der Waals surface area contributed by atoms with Crippen LogP contribution in [0.2, 0.25) is 0 Å². The van der Waals surface area contributed by atoms with Gasteiger partial charge in [-0.2, -0.15) is 0 Å². The van der Waals surface area contributed by atoms with E-state index in [2.05, 4.69) is 25.7 Å². The fraction of sp³-hybridized carbons (Fsp3) is 0.429. The second kappa shape index (κ2) is 4.98. The molecule has 0 heterocycles. The van der Waals surface area contributed by atoms with Crippen molar-refractivity contribution in [1.82, 2.24) is 0 Å². The van der Waals surface area contributed by atoms with Crippen molar-refractivity contribution < 1.29 is 4.39 Å². The zero-order valence-corrected chi connectivity index (χ0v) is 9.76. The van der Waals surface area contributed by atoms with Crippen LogP contribution in [-0.2, 0) is 0 Å². The highest BCUT2D eigenvalue weighted by atomic mass is 19.1. The first-order chi connectivity index (χ1) is 7.06. The quantitative estimate of drug-likeness (QED) is 0.641. The van der Waals surface area contributed by atoms with E-state index in [-0.39, 0.29) is 5.82 Å². The van der Waals surface area contributed by atoms with Crippen LogP contribution in [0, 0.1) is 30.5 Å². The van der Waals surface area contributed by atoms with Crippen LogP contribution in [0.25, 0.3) is 0 Å². The van der Waals surface area contributed by atoms with Gasteiger partial charge < -0.3 is 0 Å². The minimum absolute atomic E-state index is 0.139. The number of benzene rings is 1. The summed E-state index contributed by atoms with van der Waals surface area (Å²) in [4.78, 5) is 0. The molecular weight excluding hydrogens is 187 g/mol. The average Bonchev–Trinajstić information content (AvgIpc) is 2.21. The predicted molar refractivity (Wildman–Crippen MR) is 62.2 cm³/mol. The van der Waals surface area contributed by atoms with Crippen molar-refractivity contribution in [3.63, 3.8) is 0 Å². The van der Waals surface area contributed by atoms with E-state index in [0.717, 1.165) is 5.56 Å². The second-order valence-corrected chi connectivity index (χ2v) is 3.98. The van der Waals surface area contributed by atoms with E-state index < -0.39 is 0 Å². The Balaban J connectivity index is 2.94. The van der Waals surface area contributed by atoms with Gasteiger partial charge >= 0.3 is 0 Å². The van der Waals surface area contributed by atoms with Gasteiger partial charge in [-0.15, -0.1) is 5.92 Å². The Morgan fingerprint density at radius 2 is 1.93 bits per heavy atom. The fourth-order valence-electron chi connectivity index (χ4n) is 1.59. The first kappa shape index (κ1) is 11.8. The van der Waals surface area contributed by atoms with Gasteiger partial charge in [-0.25, -0.2) is 4.39 Å². The van der Waals surface area contributed by atoms with E-state index in [0.29, 0.717) is 17.4 Å². The van der Waals surface area contributed by atoms with E-state index in [1.54, 1.807) is 6.92 Å². The second-order valence-electron chi connectivity index (χ2n) is 3.98. The Morgan fingerprint density at radius 3 is 2.47 bits per heavy atom. The molecule has 0 amide bonds. The van der Waals surface area contributed by atoms with Crippen molar-refractivity contribution in [1.29, 1.82) is 0 Å². The highest BCUT2D eigenvalue weighted by molar-refractivity contribution is 5.28. The van der Waals surface area contributed by atoms with E-state index in [1.807, 2.05) is 19.1 Å². The lowest BCUT2D eigenvalue weighted by Crippen LogP contribution is -2.04. The van der Waals surface area contributed by atoms with Crippen LogP contribution in [0.4, 0.5) is 4.39 Å². The topological polar surface area (TPSA) is 0 Å². The molecule has 1 heteroatoms. The molecule has 0 aromatic heterocycles. The van der Waals surface area contributed by atoms with Crippen LogP contribution in [-0.4, -0.2) is 0 Å². The number of aryl methyl sites for hydroxylation is 1. The molecule has 0 aliphatic carbocycles. The molecule has 1 rings (SSSR count). The molecule has 0 N–H and O–H groups in total. The molecule has 0 nitrogen and oxygen atoms in total. The molecule has 1 aromatic carbocycles. The lowest BCUT2D eigenvalue weighted by molar-refractivity contribution is 0.596. The third kappa shape index (κ3) is 2.83. The molecule has 1 aromatic rings. The highest BCUT2D eigenvalue weighted by Crippen LogP contribution is 2.25. The molecule has 0 radical (unpaired) electrons. The average molecular weight is 204 g/mol. The van der Waals surface area contributed by atoms with Gasteiger partial charge in [0.1, 0.15) is 5.82 Å². The zero-order chi connectivity index (χ0) is 11.4. The lowest BCUT2D eigenvalue weighted by atomic mass is 9.88. The molecule has 0 saturated heterocycles. The molecule has 80 valence electrons. The number of hydrogen-bond donors (Lipinski definition) is 0. The van der Waals surface area contributed by atoms with E-state index in [9.17, 15) is 4.39 Å². The van der Waals surface area contributed by atoms with Crippen molar-refractivity contribution in [2.45, 2.75) is 33.6 Å². The van der Waals surface area contributed by atoms with Crippen LogP contribution < -0.4 is 0 Å². The van der Waals surface area contributed by atoms with Gasteiger partial charge in [0.05, 0.1) is 0 Å². The maximum absolute atomic E-state index is 13.1. The van der Waals surface area contributed by atoms with Gasteiger partial charge in [0.2, 0.25) is 0 Å². The van der Waals surface area contributed by atoms with Crippen molar-refractivity contribution in [2.24, 2.45) is 5.92 Å². The van der Waals surface area contributed by atoms with Gasteiger partial charge in [0, 0.05) is 5.92 Å². The first-order valence-corrected chi connectivity index (χ1v) is 5.24. The molecule has 0 spiro atoms. The van der Waals surface area contributed by atoms with Crippen LogP contribution >= 0.6 is 0 Å². The number of rotatable bonds is 2. The SMILES string of the molecule is CC#CC(C)C(C)c1ccc(F)c(C)c1. The first-order valence-electron chi connectivity index (χ1n) is 5.24. The molecule has 0 saturated carbocycles. The Bertz CT molecular complexity index is 396. The monoisotopic (exact) mass is 204 g/mol. The molecule has 0 bridgehead atoms. The van der Waals surface area contributed by atoms with Crippen molar-refractivity contribution in [3.8, 4) is 11.8 Å². The summed E-state index contributed by atoms with van der Waals surface area (Å²) < 4.78 is 13.1. The van der Waals surface area contributed by atoms with Crippen LogP contribution in [0.3, 0.4) is 0 Å². The Hall–Kier alpha value is -1.29. The smallest absolute Gasteiger partial charge is 0.126 e. The molecule has 2 atom stereocenters. The summed E-state index contributed by atoms with van der Waals surface area (Å²) in [5.41, 5.74) is 1.86. The number of hydrogen-bond acceptors (Lipinski definition) is 0. The Kier molecular flexibility index (Phi) is 3.91. The van der Waals surface area contributed by atoms with Gasteiger partial charge in [0.25, 0.3) is 0 Å². The molecule has 15 heavy (non-hydrogen) atoms. The van der Waals surface area contributed by atoms with Gasteiger partial charge in [-0.1, -0.05) is 31.9 Å². The third-order valence-electron chi connectivity index (χ3n) is 2.83. The standard InChI is InChI=1S/C14H17F/c1-5-6-10(2)12(4)13-7-8-14(15)11(3)9-13/h7-10,12H,1-4H3. The maximum atomic E-state index is 13.1. The third-order valence-corrected chi connectivity index (χ3v) is 2.83. The lowest BCUT2D eigenvalue weighted by Gasteiger charge is -2.16. The maximum Gasteiger partial charge on any atom is 0.126 e. The van der Waals surface area contributed by atoms with Crippen LogP contribution in [0.1, 0.15) is 37.8 Å². The Labute approximate surface area is 91.5 Å². The number of halogens is 1. The van der Waals surface area contributed by atoms with Crippen molar-refractivity contribution in [3.05, 3.63) is 35.1 Å². The predicted octanol–water partition coefficient (Wildman–Crippen LogP) is 3.90. The zero-order valence-electron chi connectivity index (χ0n) is 9.76. The van der Waals surface area contributed by atoms with Crippen molar-refractivity contribution >= 4 is 0 Å². The molecule has 0 fully saturated rings. The molecule has 2 unspecified atom stereocenters. The van der Waals surface area contributed by atoms with Crippen molar-refractivity contribution in [2.75, 3.05) is 0 Å². The van der Waals surface area contributed by atoms with Gasteiger partial charge in [0.15, 0.2) is 0 Å². The fourth-order valence-corrected chi connectivity index (χ4v) is 1.59. The molecular formula is C14H17F. The van der Waals surface area contributed by atoms with E-state index >= 15 is 0 Å². The van der Waals surface area contributed by atoms with Gasteiger partial charge in [-0.3, -0.25) is 0 Å². The summed E-state index contributed by atoms with van der Waals surface area (Å²) in [5, 5.41) is 0. The normalized spacial score (nSPS) is 13.9. The summed E-state index contributed by atoms with van der Waals surface area (Å²) >= 11 is 0. The minimum atomic E-state index is -0.139. The van der Waals surface area contributed by atoms with E-state index in [4.69, 9.17) is 0 Å². The summed E-state index contributed by atoms with van der Waals surface area (Å²) in [6, 6.07) is 5.29. The summed E-state index contributed by atoms with van der Waals surface area (Å²) in [7, 11) is 0. The van der Waals surface area contributed by atoms with Gasteiger partial charge in [-0.05, 0) is 37.0 Å². The summed E-state index contributed by atoms with van der Waals surface area (Å²) in [6.45, 7) is 7.86. The summed E-state index contributed by atoms with van der Waals surface area (Å²) in [6.07, 6.45) is 0. The van der Waals surface area contributed by atoms with Crippen LogP contribution in [0.5, 0.6) is 0 Å². The molecule has 0 aliphatic rings. The molecule has 0 aliphatic heterocycles. The highest BCUT2D eigenvalue weighted by Gasteiger charge is 2.12. The van der Waals surface area contributed by atoms with Crippen LogP contribution in [0.15, 0.2) is 18.2 Å².